The molecule has 9 nitrogen and oxygen atoms in total. The molecule has 0 atom stereocenters. The van der Waals surface area contributed by atoms with Gasteiger partial charge in [-0.1, -0.05) is 6.07 Å². The molecule has 0 radical (unpaired) electrons. The number of ether oxygens (including phenoxy) is 5. The zero-order chi connectivity index (χ0) is 23.4. The second kappa shape index (κ2) is 9.64. The summed E-state index contributed by atoms with van der Waals surface area (Å²) in [5, 5.41) is 4.71. The van der Waals surface area contributed by atoms with E-state index in [9.17, 15) is 0 Å². The van der Waals surface area contributed by atoms with Gasteiger partial charge in [-0.25, -0.2) is 4.98 Å². The molecule has 0 saturated heterocycles. The van der Waals surface area contributed by atoms with Gasteiger partial charge in [0.2, 0.25) is 5.75 Å². The average molecular weight is 450 g/mol. The van der Waals surface area contributed by atoms with Crippen LogP contribution >= 0.6 is 0 Å². The Morgan fingerprint density at radius 2 is 1.42 bits per heavy atom. The molecule has 4 rings (SSSR count). The van der Waals surface area contributed by atoms with Gasteiger partial charge >= 0.3 is 0 Å². The molecule has 2 aromatic heterocycles. The molecule has 4 aromatic rings. The Hall–Kier alpha value is -4.01. The fourth-order valence-corrected chi connectivity index (χ4v) is 3.68. The SMILES string of the molecule is COc1ccc(CCc2nc3nccc(-c4cc(OC)c(OC)c(OC)c4)n3n2)cc1OC. The summed E-state index contributed by atoms with van der Waals surface area (Å²) in [5.41, 5.74) is 2.75. The van der Waals surface area contributed by atoms with Gasteiger partial charge in [0, 0.05) is 18.2 Å². The van der Waals surface area contributed by atoms with Crippen LogP contribution in [0.5, 0.6) is 28.7 Å². The van der Waals surface area contributed by atoms with Crippen molar-refractivity contribution in [3.8, 4) is 40.0 Å². The molecule has 0 aliphatic heterocycles. The van der Waals surface area contributed by atoms with Gasteiger partial charge in [-0.15, -0.1) is 5.10 Å². The summed E-state index contributed by atoms with van der Waals surface area (Å²) in [4.78, 5) is 8.98. The highest BCUT2D eigenvalue weighted by Gasteiger charge is 2.17. The number of hydrogen-bond acceptors (Lipinski definition) is 8. The first-order valence-electron chi connectivity index (χ1n) is 10.3. The second-order valence-corrected chi connectivity index (χ2v) is 7.17. The van der Waals surface area contributed by atoms with Gasteiger partial charge in [-0.2, -0.15) is 9.50 Å². The van der Waals surface area contributed by atoms with Crippen LogP contribution in [0.3, 0.4) is 0 Å². The van der Waals surface area contributed by atoms with Gasteiger partial charge in [0.25, 0.3) is 5.78 Å². The molecule has 0 unspecified atom stereocenters. The molecule has 0 saturated carbocycles. The van der Waals surface area contributed by atoms with E-state index in [1.165, 1.54) is 0 Å². The van der Waals surface area contributed by atoms with Crippen molar-refractivity contribution in [3.05, 3.63) is 54.0 Å². The van der Waals surface area contributed by atoms with Crippen molar-refractivity contribution < 1.29 is 23.7 Å². The highest BCUT2D eigenvalue weighted by Crippen LogP contribution is 2.41. The highest BCUT2D eigenvalue weighted by molar-refractivity contribution is 5.69. The molecule has 0 aliphatic carbocycles. The molecule has 172 valence electrons. The summed E-state index contributed by atoms with van der Waals surface area (Å²) in [5.74, 6) is 4.26. The van der Waals surface area contributed by atoms with E-state index in [4.69, 9.17) is 28.8 Å². The van der Waals surface area contributed by atoms with Gasteiger partial charge in [-0.3, -0.25) is 0 Å². The van der Waals surface area contributed by atoms with Gasteiger partial charge < -0.3 is 23.7 Å². The maximum absolute atomic E-state index is 5.50. The van der Waals surface area contributed by atoms with E-state index in [-0.39, 0.29) is 0 Å². The summed E-state index contributed by atoms with van der Waals surface area (Å²) >= 11 is 0. The Balaban J connectivity index is 1.65. The van der Waals surface area contributed by atoms with Crippen molar-refractivity contribution in [2.75, 3.05) is 35.5 Å². The van der Waals surface area contributed by atoms with Crippen molar-refractivity contribution >= 4 is 5.78 Å². The molecular formula is C24H26N4O5. The molecule has 0 bridgehead atoms. The average Bonchev–Trinajstić information content (AvgIpc) is 3.29. The third-order valence-electron chi connectivity index (χ3n) is 5.33. The summed E-state index contributed by atoms with van der Waals surface area (Å²) in [6.07, 6.45) is 3.10. The fourth-order valence-electron chi connectivity index (χ4n) is 3.68. The summed E-state index contributed by atoms with van der Waals surface area (Å²) in [6, 6.07) is 11.5. The quantitative estimate of drug-likeness (QED) is 0.382. The lowest BCUT2D eigenvalue weighted by atomic mass is 10.1. The molecule has 0 spiro atoms. The molecule has 0 fully saturated rings. The molecule has 9 heteroatoms. The first-order valence-corrected chi connectivity index (χ1v) is 10.3. The number of benzene rings is 2. The van der Waals surface area contributed by atoms with Crippen molar-refractivity contribution in [2.45, 2.75) is 12.8 Å². The number of nitrogens with zero attached hydrogens (tertiary/aromatic N) is 4. The summed E-state index contributed by atoms with van der Waals surface area (Å²) < 4.78 is 28.9. The normalized spacial score (nSPS) is 10.8. The Bertz CT molecular complexity index is 1250. The molecule has 0 aliphatic rings. The number of aryl methyl sites for hydroxylation is 2. The van der Waals surface area contributed by atoms with Crippen LogP contribution in [0.4, 0.5) is 0 Å². The van der Waals surface area contributed by atoms with Gasteiger partial charge in [0.15, 0.2) is 28.8 Å². The van der Waals surface area contributed by atoms with Crippen LogP contribution in [0.25, 0.3) is 17.0 Å². The van der Waals surface area contributed by atoms with Crippen molar-refractivity contribution in [1.29, 1.82) is 0 Å². The predicted octanol–water partition coefficient (Wildman–Crippen LogP) is 3.62. The number of rotatable bonds is 9. The maximum atomic E-state index is 5.50. The van der Waals surface area contributed by atoms with E-state index in [1.54, 1.807) is 46.3 Å². The Kier molecular flexibility index (Phi) is 6.48. The lowest BCUT2D eigenvalue weighted by Crippen LogP contribution is -2.00. The van der Waals surface area contributed by atoms with Crippen LogP contribution in [-0.4, -0.2) is 55.1 Å². The predicted molar refractivity (Wildman–Crippen MR) is 123 cm³/mol. The number of aromatic nitrogens is 4. The van der Waals surface area contributed by atoms with Crippen LogP contribution < -0.4 is 23.7 Å². The van der Waals surface area contributed by atoms with Crippen LogP contribution in [0.15, 0.2) is 42.6 Å². The second-order valence-electron chi connectivity index (χ2n) is 7.17. The van der Waals surface area contributed by atoms with Gasteiger partial charge in [-0.05, 0) is 42.3 Å². The van der Waals surface area contributed by atoms with Crippen LogP contribution in [0.1, 0.15) is 11.4 Å². The maximum Gasteiger partial charge on any atom is 0.252 e. The van der Waals surface area contributed by atoms with E-state index >= 15 is 0 Å². The van der Waals surface area contributed by atoms with Crippen molar-refractivity contribution in [2.24, 2.45) is 0 Å². The highest BCUT2D eigenvalue weighted by atomic mass is 16.5. The minimum atomic E-state index is 0.517. The number of fused-ring (bicyclic) bond motifs is 1. The number of methoxy groups -OCH3 is 5. The van der Waals surface area contributed by atoms with E-state index < -0.39 is 0 Å². The largest absolute Gasteiger partial charge is 0.493 e. The van der Waals surface area contributed by atoms with Gasteiger partial charge in [0.1, 0.15) is 0 Å². The molecule has 33 heavy (non-hydrogen) atoms. The van der Waals surface area contributed by atoms with Crippen LogP contribution in [0, 0.1) is 0 Å². The third-order valence-corrected chi connectivity index (χ3v) is 5.33. The zero-order valence-corrected chi connectivity index (χ0v) is 19.3. The molecule has 2 aromatic carbocycles. The van der Waals surface area contributed by atoms with E-state index in [0.717, 1.165) is 23.2 Å². The minimum absolute atomic E-state index is 0.517. The lowest BCUT2D eigenvalue weighted by Gasteiger charge is -2.14. The Morgan fingerprint density at radius 1 is 0.727 bits per heavy atom. The lowest BCUT2D eigenvalue weighted by molar-refractivity contribution is 0.324. The summed E-state index contributed by atoms with van der Waals surface area (Å²) in [7, 11) is 8.00. The molecule has 0 N–H and O–H groups in total. The van der Waals surface area contributed by atoms with E-state index in [2.05, 4.69) is 9.97 Å². The minimum Gasteiger partial charge on any atom is -0.493 e. The standard InChI is InChI=1S/C24H26N4O5/c1-29-18-8-6-15(12-19(18)30-2)7-9-22-26-24-25-11-10-17(28(24)27-22)16-13-20(31-3)23(33-5)21(14-16)32-4/h6,8,10-14H,7,9H2,1-5H3. The monoisotopic (exact) mass is 450 g/mol. The smallest absolute Gasteiger partial charge is 0.252 e. The van der Waals surface area contributed by atoms with Crippen molar-refractivity contribution in [3.63, 3.8) is 0 Å². The zero-order valence-electron chi connectivity index (χ0n) is 19.3. The van der Waals surface area contributed by atoms with Crippen LogP contribution in [0.2, 0.25) is 0 Å². The van der Waals surface area contributed by atoms with Gasteiger partial charge in [0.05, 0.1) is 41.2 Å². The molecular weight excluding hydrogens is 424 g/mol. The van der Waals surface area contributed by atoms with Crippen molar-refractivity contribution in [1.82, 2.24) is 19.6 Å². The molecule has 2 heterocycles. The number of hydrogen-bond donors (Lipinski definition) is 0. The molecule has 0 amide bonds. The Morgan fingerprint density at radius 3 is 2.06 bits per heavy atom. The van der Waals surface area contributed by atoms with Crippen LogP contribution in [-0.2, 0) is 12.8 Å². The van der Waals surface area contributed by atoms with E-state index in [0.29, 0.717) is 46.8 Å². The van der Waals surface area contributed by atoms with E-state index in [1.807, 2.05) is 36.4 Å². The first kappa shape index (κ1) is 22.2. The first-order chi connectivity index (χ1) is 16.1. The summed E-state index contributed by atoms with van der Waals surface area (Å²) in [6.45, 7) is 0. The Labute approximate surface area is 191 Å². The topological polar surface area (TPSA) is 89.2 Å². The third kappa shape index (κ3) is 4.34. The fraction of sp³-hybridized carbons (Fsp3) is 0.292.